The number of hydrogen-bond donors (Lipinski definition) is 3. The zero-order valence-corrected chi connectivity index (χ0v) is 25.3. The second kappa shape index (κ2) is 13.8. The first-order chi connectivity index (χ1) is 19.6. The van der Waals surface area contributed by atoms with Gasteiger partial charge in [-0.1, -0.05) is 75.0 Å². The van der Waals surface area contributed by atoms with Crippen molar-refractivity contribution in [2.24, 2.45) is 0 Å². The molecule has 7 heteroatoms. The molecule has 0 radical (unpaired) electrons. The minimum Gasteiger partial charge on any atom is -0.511 e. The van der Waals surface area contributed by atoms with Crippen molar-refractivity contribution in [2.75, 3.05) is 33.0 Å². The Morgan fingerprint density at radius 2 is 1.61 bits per heavy atom. The lowest BCUT2D eigenvalue weighted by Crippen LogP contribution is -2.35. The van der Waals surface area contributed by atoms with Crippen molar-refractivity contribution < 1.29 is 29.5 Å². The molecule has 1 atom stereocenters. The summed E-state index contributed by atoms with van der Waals surface area (Å²) in [5, 5.41) is 29.8. The van der Waals surface area contributed by atoms with Crippen LogP contribution in [0.4, 0.5) is 0 Å². The van der Waals surface area contributed by atoms with Gasteiger partial charge in [0.05, 0.1) is 24.7 Å². The van der Waals surface area contributed by atoms with Crippen LogP contribution in [0.2, 0.25) is 0 Å². The summed E-state index contributed by atoms with van der Waals surface area (Å²) < 4.78 is 18.1. The Hall–Kier alpha value is -2.97. The van der Waals surface area contributed by atoms with Crippen LogP contribution in [0.1, 0.15) is 55.9 Å². The van der Waals surface area contributed by atoms with Gasteiger partial charge in [-0.05, 0) is 71.7 Å². The first-order valence-corrected chi connectivity index (χ1v) is 15.0. The van der Waals surface area contributed by atoms with Gasteiger partial charge in [-0.3, -0.25) is 0 Å². The third-order valence-electron chi connectivity index (χ3n) is 7.32. The molecule has 220 valence electrons. The van der Waals surface area contributed by atoms with E-state index in [9.17, 15) is 10.2 Å². The summed E-state index contributed by atoms with van der Waals surface area (Å²) in [5.41, 5.74) is 3.45. The highest BCUT2D eigenvalue weighted by molar-refractivity contribution is 8.03. The number of rotatable bonds is 12. The molecule has 0 bridgehead atoms. The Balaban J connectivity index is 1.64. The molecule has 1 aliphatic heterocycles. The van der Waals surface area contributed by atoms with E-state index in [4.69, 9.17) is 19.3 Å². The molecule has 0 spiro atoms. The molecule has 1 unspecified atom stereocenters. The third-order valence-corrected chi connectivity index (χ3v) is 8.48. The van der Waals surface area contributed by atoms with Crippen molar-refractivity contribution in [3.05, 3.63) is 99.6 Å². The molecule has 0 amide bonds. The fourth-order valence-corrected chi connectivity index (χ4v) is 6.36. The van der Waals surface area contributed by atoms with Gasteiger partial charge in [-0.2, -0.15) is 0 Å². The average Bonchev–Trinajstić information content (AvgIpc) is 2.96. The molecule has 0 fully saturated rings. The average molecular weight is 579 g/mol. The second-order valence-electron chi connectivity index (χ2n) is 11.4. The predicted molar refractivity (Wildman–Crippen MR) is 164 cm³/mol. The molecule has 1 aliphatic rings. The van der Waals surface area contributed by atoms with E-state index in [1.165, 1.54) is 5.56 Å². The van der Waals surface area contributed by atoms with Crippen LogP contribution in [0, 0.1) is 6.92 Å². The predicted octanol–water partition coefficient (Wildman–Crippen LogP) is 6.85. The summed E-state index contributed by atoms with van der Waals surface area (Å²) in [5.74, 6) is 1.79. The zero-order chi connectivity index (χ0) is 29.5. The monoisotopic (exact) mass is 578 g/mol. The summed E-state index contributed by atoms with van der Waals surface area (Å²) in [6.45, 7) is 9.17. The van der Waals surface area contributed by atoms with E-state index in [2.05, 4.69) is 45.0 Å². The maximum Gasteiger partial charge on any atom is 0.122 e. The van der Waals surface area contributed by atoms with E-state index in [1.807, 2.05) is 49.4 Å². The quantitative estimate of drug-likeness (QED) is 0.217. The van der Waals surface area contributed by atoms with Gasteiger partial charge in [0.1, 0.15) is 36.1 Å². The van der Waals surface area contributed by atoms with Crippen molar-refractivity contribution in [3.63, 3.8) is 0 Å². The summed E-state index contributed by atoms with van der Waals surface area (Å²) in [7, 11) is 0. The Labute approximate surface area is 248 Å². The first-order valence-electron chi connectivity index (χ1n) is 14.1. The Kier molecular flexibility index (Phi) is 10.4. The normalized spacial score (nSPS) is 17.5. The molecule has 3 N–H and O–H groups in total. The van der Waals surface area contributed by atoms with Gasteiger partial charge in [-0.25, -0.2) is 0 Å². The van der Waals surface area contributed by atoms with E-state index < -0.39 is 5.60 Å². The molecule has 1 heterocycles. The Bertz CT molecular complexity index is 1310. The number of thioether (sulfide) groups is 1. The van der Waals surface area contributed by atoms with Crippen molar-refractivity contribution in [3.8, 4) is 11.5 Å². The van der Waals surface area contributed by atoms with Crippen LogP contribution in [0.5, 0.6) is 11.5 Å². The lowest BCUT2D eigenvalue weighted by Gasteiger charge is -2.39. The summed E-state index contributed by atoms with van der Waals surface area (Å²) in [6.07, 6.45) is 1.88. The van der Waals surface area contributed by atoms with E-state index in [-0.39, 0.29) is 31.8 Å². The largest absolute Gasteiger partial charge is 0.511 e. The minimum absolute atomic E-state index is 0.0384. The summed E-state index contributed by atoms with van der Waals surface area (Å²) in [4.78, 5) is 1.86. The van der Waals surface area contributed by atoms with Gasteiger partial charge in [0, 0.05) is 11.3 Å². The zero-order valence-electron chi connectivity index (χ0n) is 24.5. The fraction of sp³-hybridized carbons (Fsp3) is 0.412. The highest BCUT2D eigenvalue weighted by atomic mass is 32.2. The van der Waals surface area contributed by atoms with Gasteiger partial charge in [0.25, 0.3) is 0 Å². The van der Waals surface area contributed by atoms with E-state index in [0.29, 0.717) is 31.0 Å². The lowest BCUT2D eigenvalue weighted by atomic mass is 9.82. The SMILES string of the molecule is Cc1cc(SC2=C(O)CC(CCc3ccccc3)(c3ccc(OCCO)cc3)OC2)c(C(C)(C)C)cc1OCCO. The van der Waals surface area contributed by atoms with Crippen LogP contribution in [0.3, 0.4) is 0 Å². The van der Waals surface area contributed by atoms with Crippen LogP contribution in [-0.2, 0) is 22.2 Å². The van der Waals surface area contributed by atoms with Crippen molar-refractivity contribution in [2.45, 2.75) is 62.9 Å². The van der Waals surface area contributed by atoms with E-state index in [0.717, 1.165) is 38.7 Å². The smallest absolute Gasteiger partial charge is 0.122 e. The van der Waals surface area contributed by atoms with Crippen molar-refractivity contribution in [1.82, 2.24) is 0 Å². The third kappa shape index (κ3) is 7.86. The molecule has 41 heavy (non-hydrogen) atoms. The molecule has 3 aromatic rings. The topological polar surface area (TPSA) is 88.4 Å². The van der Waals surface area contributed by atoms with Crippen LogP contribution >= 0.6 is 11.8 Å². The number of aryl methyl sites for hydroxylation is 2. The summed E-state index contributed by atoms with van der Waals surface area (Å²) >= 11 is 1.55. The van der Waals surface area contributed by atoms with Crippen molar-refractivity contribution in [1.29, 1.82) is 0 Å². The lowest BCUT2D eigenvalue weighted by molar-refractivity contribution is -0.0620. The van der Waals surface area contributed by atoms with Gasteiger partial charge >= 0.3 is 0 Å². The number of aliphatic hydroxyl groups is 3. The molecule has 0 aromatic heterocycles. The number of ether oxygens (including phenoxy) is 3. The highest BCUT2D eigenvalue weighted by Gasteiger charge is 2.39. The number of aliphatic hydroxyl groups excluding tert-OH is 3. The Morgan fingerprint density at radius 3 is 2.24 bits per heavy atom. The van der Waals surface area contributed by atoms with Gasteiger partial charge < -0.3 is 29.5 Å². The summed E-state index contributed by atoms with van der Waals surface area (Å²) in [6, 6.07) is 22.2. The molecule has 0 saturated heterocycles. The maximum absolute atomic E-state index is 11.5. The van der Waals surface area contributed by atoms with Crippen LogP contribution in [0.15, 0.2) is 82.3 Å². The first kappa shape index (κ1) is 31.0. The van der Waals surface area contributed by atoms with E-state index in [1.54, 1.807) is 11.8 Å². The fourth-order valence-electron chi connectivity index (χ4n) is 5.07. The van der Waals surface area contributed by atoms with Crippen LogP contribution in [-0.4, -0.2) is 48.4 Å². The van der Waals surface area contributed by atoms with Gasteiger partial charge in [-0.15, -0.1) is 0 Å². The Morgan fingerprint density at radius 1 is 0.927 bits per heavy atom. The molecule has 4 rings (SSSR count). The minimum atomic E-state index is -0.690. The molecule has 0 aliphatic carbocycles. The van der Waals surface area contributed by atoms with Crippen LogP contribution < -0.4 is 9.47 Å². The molecule has 6 nitrogen and oxygen atoms in total. The molecule has 0 saturated carbocycles. The van der Waals surface area contributed by atoms with Gasteiger partial charge in [0.15, 0.2) is 0 Å². The standard InChI is InChI=1S/C34H42O6S/c1-24-20-31(28(33(2,3)4)21-30(24)39-19-17-36)41-32-23-40-34(22-29(32)37,15-14-25-8-6-5-7-9-25)26-10-12-27(13-11-26)38-18-16-35/h5-13,20-21,35-37H,14-19,22-23H2,1-4H3. The van der Waals surface area contributed by atoms with Crippen molar-refractivity contribution >= 4 is 11.8 Å². The van der Waals surface area contributed by atoms with Crippen LogP contribution in [0.25, 0.3) is 0 Å². The molecule has 3 aromatic carbocycles. The van der Waals surface area contributed by atoms with E-state index >= 15 is 0 Å². The highest BCUT2D eigenvalue weighted by Crippen LogP contribution is 2.47. The number of hydrogen-bond acceptors (Lipinski definition) is 7. The molecular formula is C34H42O6S. The number of benzene rings is 3. The maximum atomic E-state index is 11.5. The van der Waals surface area contributed by atoms with Gasteiger partial charge in [0.2, 0.25) is 0 Å². The molecular weight excluding hydrogens is 536 g/mol. The second-order valence-corrected chi connectivity index (χ2v) is 12.6.